The van der Waals surface area contributed by atoms with Crippen LogP contribution in [0.2, 0.25) is 5.02 Å². The van der Waals surface area contributed by atoms with Gasteiger partial charge < -0.3 is 30.3 Å². The van der Waals surface area contributed by atoms with Gasteiger partial charge in [-0.2, -0.15) is 4.98 Å². The third-order valence-corrected chi connectivity index (χ3v) is 6.78. The molecule has 1 unspecified atom stereocenters. The summed E-state index contributed by atoms with van der Waals surface area (Å²) in [5.41, 5.74) is 1.25. The Kier molecular flexibility index (Phi) is 11.9. The number of hydrogen-bond acceptors (Lipinski definition) is 10. The van der Waals surface area contributed by atoms with Gasteiger partial charge in [-0.25, -0.2) is 9.37 Å². The fourth-order valence-electron chi connectivity index (χ4n) is 3.36. The zero-order valence-electron chi connectivity index (χ0n) is 21.9. The molecular weight excluding hydrogens is 563 g/mol. The third kappa shape index (κ3) is 9.33. The monoisotopic (exact) mass is 592 g/mol. The molecule has 0 saturated heterocycles. The number of thioether (sulfide) groups is 1. The van der Waals surface area contributed by atoms with Gasteiger partial charge in [0.1, 0.15) is 42.9 Å². The van der Waals surface area contributed by atoms with Crippen LogP contribution >= 0.6 is 23.4 Å². The molecule has 3 rings (SSSR count). The summed E-state index contributed by atoms with van der Waals surface area (Å²) < 4.78 is 24.7. The van der Waals surface area contributed by atoms with E-state index >= 15 is 0 Å². The van der Waals surface area contributed by atoms with Gasteiger partial charge in [-0.3, -0.25) is 9.59 Å². The fraction of sp³-hybridized carbons (Fsp3) is 0.333. The van der Waals surface area contributed by atoms with Crippen LogP contribution in [0, 0.1) is 11.7 Å². The SMILES string of the molecule is CCC(CSC(C)=O)C(=O)Nc1c(Nc2ccc(OCc3cccc(F)c3)c(Cl)c2)ncnc1OC[C@H](O)CO. The normalized spacial score (nSPS) is 12.3. The van der Waals surface area contributed by atoms with E-state index in [1.807, 2.05) is 6.92 Å². The minimum atomic E-state index is -1.16. The Morgan fingerprint density at radius 1 is 1.18 bits per heavy atom. The van der Waals surface area contributed by atoms with Gasteiger partial charge in [-0.05, 0) is 42.3 Å². The highest BCUT2D eigenvalue weighted by atomic mass is 35.5. The van der Waals surface area contributed by atoms with Crippen molar-refractivity contribution in [2.75, 3.05) is 29.6 Å². The van der Waals surface area contributed by atoms with Crippen molar-refractivity contribution in [3.63, 3.8) is 0 Å². The number of rotatable bonds is 14. The number of carbonyl (C=O) groups is 2. The average molecular weight is 593 g/mol. The van der Waals surface area contributed by atoms with Crippen molar-refractivity contribution in [3.8, 4) is 11.6 Å². The van der Waals surface area contributed by atoms with E-state index in [-0.39, 0.29) is 52.5 Å². The van der Waals surface area contributed by atoms with Crippen LogP contribution in [-0.4, -0.2) is 56.3 Å². The molecule has 214 valence electrons. The molecule has 4 N–H and O–H groups in total. The minimum Gasteiger partial charge on any atom is -0.487 e. The summed E-state index contributed by atoms with van der Waals surface area (Å²) >= 11 is 7.48. The van der Waals surface area contributed by atoms with Crippen molar-refractivity contribution in [1.82, 2.24) is 9.97 Å². The average Bonchev–Trinajstić information content (AvgIpc) is 2.92. The van der Waals surface area contributed by atoms with Crippen LogP contribution in [-0.2, 0) is 16.2 Å². The second kappa shape index (κ2) is 15.4. The molecule has 0 radical (unpaired) electrons. The summed E-state index contributed by atoms with van der Waals surface area (Å²) in [6.45, 7) is 2.58. The molecule has 0 aliphatic carbocycles. The molecule has 10 nitrogen and oxygen atoms in total. The molecule has 1 aromatic heterocycles. The first-order valence-electron chi connectivity index (χ1n) is 12.3. The summed E-state index contributed by atoms with van der Waals surface area (Å²) in [7, 11) is 0. The van der Waals surface area contributed by atoms with Crippen LogP contribution in [0.4, 0.5) is 21.6 Å². The van der Waals surface area contributed by atoms with E-state index in [0.717, 1.165) is 11.8 Å². The van der Waals surface area contributed by atoms with Gasteiger partial charge in [0.2, 0.25) is 11.8 Å². The Bertz CT molecular complexity index is 1320. The summed E-state index contributed by atoms with van der Waals surface area (Å²) in [4.78, 5) is 32.8. The molecule has 0 bridgehead atoms. The summed E-state index contributed by atoms with van der Waals surface area (Å²) in [6.07, 6.45) is 0.526. The molecule has 3 aromatic rings. The van der Waals surface area contributed by atoms with Crippen molar-refractivity contribution >= 4 is 51.6 Å². The van der Waals surface area contributed by atoms with Crippen LogP contribution in [0.25, 0.3) is 0 Å². The van der Waals surface area contributed by atoms with Gasteiger partial charge in [-0.1, -0.05) is 42.4 Å². The predicted molar refractivity (Wildman–Crippen MR) is 152 cm³/mol. The van der Waals surface area contributed by atoms with Gasteiger partial charge in [0.15, 0.2) is 10.9 Å². The van der Waals surface area contributed by atoms with E-state index in [4.69, 9.17) is 26.2 Å². The van der Waals surface area contributed by atoms with Crippen LogP contribution < -0.4 is 20.1 Å². The van der Waals surface area contributed by atoms with Crippen molar-refractivity contribution in [2.24, 2.45) is 5.92 Å². The number of nitrogens with zero attached hydrogens (tertiary/aromatic N) is 2. The fourth-order valence-corrected chi connectivity index (χ4v) is 4.41. The minimum absolute atomic E-state index is 0.0337. The van der Waals surface area contributed by atoms with Crippen LogP contribution in [0.15, 0.2) is 48.8 Å². The van der Waals surface area contributed by atoms with Crippen molar-refractivity contribution < 1.29 is 33.7 Å². The molecule has 0 aliphatic rings. The van der Waals surface area contributed by atoms with Crippen molar-refractivity contribution in [3.05, 3.63) is 65.2 Å². The van der Waals surface area contributed by atoms with E-state index in [0.29, 0.717) is 29.2 Å². The second-order valence-corrected chi connectivity index (χ2v) is 10.2. The van der Waals surface area contributed by atoms with E-state index in [1.54, 1.807) is 30.3 Å². The van der Waals surface area contributed by atoms with Gasteiger partial charge >= 0.3 is 0 Å². The molecule has 2 atom stereocenters. The highest BCUT2D eigenvalue weighted by Crippen LogP contribution is 2.34. The highest BCUT2D eigenvalue weighted by molar-refractivity contribution is 8.13. The molecular formula is C27H30ClFN4O6S. The Morgan fingerprint density at radius 2 is 1.98 bits per heavy atom. The van der Waals surface area contributed by atoms with E-state index in [2.05, 4.69) is 20.6 Å². The van der Waals surface area contributed by atoms with Crippen molar-refractivity contribution in [2.45, 2.75) is 33.0 Å². The lowest BCUT2D eigenvalue weighted by molar-refractivity contribution is -0.119. The van der Waals surface area contributed by atoms with Crippen LogP contribution in [0.5, 0.6) is 11.6 Å². The number of halogens is 2. The smallest absolute Gasteiger partial charge is 0.243 e. The lowest BCUT2D eigenvalue weighted by atomic mass is 10.1. The van der Waals surface area contributed by atoms with Gasteiger partial charge in [-0.15, -0.1) is 0 Å². The third-order valence-electron chi connectivity index (χ3n) is 5.51. The number of hydrogen-bond donors (Lipinski definition) is 4. The highest BCUT2D eigenvalue weighted by Gasteiger charge is 2.23. The Morgan fingerprint density at radius 3 is 2.65 bits per heavy atom. The summed E-state index contributed by atoms with van der Waals surface area (Å²) in [5.74, 6) is -0.410. The number of ether oxygens (including phenoxy) is 2. The van der Waals surface area contributed by atoms with E-state index in [1.165, 1.54) is 25.4 Å². The predicted octanol–water partition coefficient (Wildman–Crippen LogP) is 4.57. The number of amides is 1. The molecule has 0 spiro atoms. The first kappa shape index (κ1) is 31.1. The van der Waals surface area contributed by atoms with Gasteiger partial charge in [0.25, 0.3) is 0 Å². The molecule has 0 aliphatic heterocycles. The van der Waals surface area contributed by atoms with Crippen molar-refractivity contribution in [1.29, 1.82) is 0 Å². The van der Waals surface area contributed by atoms with E-state index < -0.39 is 18.6 Å². The first-order chi connectivity index (χ1) is 19.2. The standard InChI is InChI=1S/C27H30ClFN4O6S/c1-3-18(14-40-16(2)35)26(37)33-24-25(30-15-31-27(24)39-13-21(36)11-34)32-20-7-8-23(22(28)10-20)38-12-17-5-4-6-19(29)9-17/h4-10,15,18,21,34,36H,3,11-14H2,1-2H3,(H,33,37)(H,30,31,32)/t18?,21-/m1/s1. The molecule has 1 heterocycles. The number of aliphatic hydroxyl groups is 2. The van der Waals surface area contributed by atoms with E-state index in [9.17, 15) is 19.1 Å². The van der Waals surface area contributed by atoms with Crippen LogP contribution in [0.1, 0.15) is 25.8 Å². The summed E-state index contributed by atoms with van der Waals surface area (Å²) in [5, 5.41) is 24.9. The number of benzene rings is 2. The van der Waals surface area contributed by atoms with Crippen LogP contribution in [0.3, 0.4) is 0 Å². The van der Waals surface area contributed by atoms with Gasteiger partial charge in [0, 0.05) is 24.3 Å². The molecule has 1 amide bonds. The maximum absolute atomic E-state index is 13.4. The number of aliphatic hydroxyl groups excluding tert-OH is 2. The number of aromatic nitrogens is 2. The maximum Gasteiger partial charge on any atom is 0.243 e. The Labute approximate surface area is 240 Å². The second-order valence-electron chi connectivity index (χ2n) is 8.64. The Balaban J connectivity index is 1.82. The Hall–Kier alpha value is -3.45. The van der Waals surface area contributed by atoms with Gasteiger partial charge in [0.05, 0.1) is 11.6 Å². The topological polar surface area (TPSA) is 143 Å². The summed E-state index contributed by atoms with van der Waals surface area (Å²) in [6, 6.07) is 10.9. The largest absolute Gasteiger partial charge is 0.487 e. The molecule has 0 saturated carbocycles. The molecule has 2 aromatic carbocycles. The molecule has 0 fully saturated rings. The quantitative estimate of drug-likeness (QED) is 0.210. The number of nitrogens with one attached hydrogen (secondary N) is 2. The zero-order chi connectivity index (χ0) is 29.1. The number of anilines is 3. The maximum atomic E-state index is 13.4. The zero-order valence-corrected chi connectivity index (χ0v) is 23.5. The lowest BCUT2D eigenvalue weighted by Crippen LogP contribution is -2.26. The molecule has 40 heavy (non-hydrogen) atoms. The number of carbonyl (C=O) groups excluding carboxylic acids is 2. The lowest BCUT2D eigenvalue weighted by Gasteiger charge is -2.19. The molecule has 13 heteroatoms. The first-order valence-corrected chi connectivity index (χ1v) is 13.7.